The molecule has 6 nitrogen and oxygen atoms in total. The Morgan fingerprint density at radius 2 is 1.85 bits per heavy atom. The van der Waals surface area contributed by atoms with Crippen LogP contribution in [0.25, 0.3) is 0 Å². The Labute approximate surface area is 200 Å². The number of nitrogens with zero attached hydrogens (tertiary/aromatic N) is 1. The highest BCUT2D eigenvalue weighted by molar-refractivity contribution is 5.90. The molecular formula is C27H34FN3O3. The Kier molecular flexibility index (Phi) is 7.83. The summed E-state index contributed by atoms with van der Waals surface area (Å²) in [4.78, 5) is 28.5. The van der Waals surface area contributed by atoms with Gasteiger partial charge in [-0.05, 0) is 81.1 Å². The van der Waals surface area contributed by atoms with E-state index in [1.807, 2.05) is 36.1 Å². The standard InChI is InChI=1S/C27H34FN3O3/c1-3-23(29-2)26(32)30-24-10-5-4-8-20-13-16-25(31(20)27(24)33)18-7-6-9-22(17-18)34-21-14-11-19(28)12-15-21/h6-7,9,11-12,14-15,17,20,23-25,29H,3-5,8,10,13,16H2,1-2H3,(H,30,32)/t20-,23?,24-,25-/m0/s1. The summed E-state index contributed by atoms with van der Waals surface area (Å²) in [5.41, 5.74) is 1.02. The van der Waals surface area contributed by atoms with E-state index in [4.69, 9.17) is 4.74 Å². The summed E-state index contributed by atoms with van der Waals surface area (Å²) < 4.78 is 19.2. The molecule has 0 spiro atoms. The molecule has 0 bridgehead atoms. The van der Waals surface area contributed by atoms with Crippen molar-refractivity contribution in [1.29, 1.82) is 0 Å². The Balaban J connectivity index is 1.54. The molecule has 2 aromatic carbocycles. The number of amides is 2. The molecule has 2 aliphatic rings. The molecular weight excluding hydrogens is 433 g/mol. The zero-order chi connectivity index (χ0) is 24.1. The highest BCUT2D eigenvalue weighted by atomic mass is 19.1. The number of hydrogen-bond acceptors (Lipinski definition) is 4. The molecule has 0 radical (unpaired) electrons. The van der Waals surface area contributed by atoms with Crippen molar-refractivity contribution in [3.8, 4) is 11.5 Å². The topological polar surface area (TPSA) is 70.7 Å². The second-order valence-electron chi connectivity index (χ2n) is 9.22. The van der Waals surface area contributed by atoms with Crippen molar-refractivity contribution in [2.24, 2.45) is 0 Å². The average molecular weight is 468 g/mol. The first-order valence-electron chi connectivity index (χ1n) is 12.3. The zero-order valence-electron chi connectivity index (χ0n) is 19.9. The average Bonchev–Trinajstić information content (AvgIpc) is 3.25. The van der Waals surface area contributed by atoms with Crippen LogP contribution < -0.4 is 15.4 Å². The molecule has 34 heavy (non-hydrogen) atoms. The lowest BCUT2D eigenvalue weighted by molar-refractivity contribution is -0.140. The first-order valence-corrected chi connectivity index (χ1v) is 12.3. The van der Waals surface area contributed by atoms with Crippen molar-refractivity contribution in [3.05, 3.63) is 59.9 Å². The quantitative estimate of drug-likeness (QED) is 0.619. The highest BCUT2D eigenvalue weighted by Crippen LogP contribution is 2.41. The van der Waals surface area contributed by atoms with Crippen molar-refractivity contribution in [2.45, 2.75) is 76.0 Å². The van der Waals surface area contributed by atoms with Gasteiger partial charge in [-0.25, -0.2) is 4.39 Å². The van der Waals surface area contributed by atoms with Crippen molar-refractivity contribution in [2.75, 3.05) is 7.05 Å². The van der Waals surface area contributed by atoms with Gasteiger partial charge in [-0.1, -0.05) is 31.9 Å². The van der Waals surface area contributed by atoms with Gasteiger partial charge in [0.2, 0.25) is 11.8 Å². The van der Waals surface area contributed by atoms with Gasteiger partial charge >= 0.3 is 0 Å². The largest absolute Gasteiger partial charge is 0.457 e. The molecule has 4 rings (SSSR count). The van der Waals surface area contributed by atoms with Crippen molar-refractivity contribution < 1.29 is 18.7 Å². The van der Waals surface area contributed by atoms with Gasteiger partial charge < -0.3 is 20.3 Å². The minimum absolute atomic E-state index is 0.0105. The molecule has 0 aromatic heterocycles. The van der Waals surface area contributed by atoms with Crippen molar-refractivity contribution in [3.63, 3.8) is 0 Å². The summed E-state index contributed by atoms with van der Waals surface area (Å²) >= 11 is 0. The van der Waals surface area contributed by atoms with Crippen molar-refractivity contribution in [1.82, 2.24) is 15.5 Å². The maximum atomic E-state index is 13.7. The van der Waals surface area contributed by atoms with E-state index in [0.717, 1.165) is 37.7 Å². The van der Waals surface area contributed by atoms with Crippen LogP contribution in [0.5, 0.6) is 11.5 Å². The molecule has 1 unspecified atom stereocenters. The number of halogens is 1. The minimum Gasteiger partial charge on any atom is -0.457 e. The Morgan fingerprint density at radius 3 is 2.59 bits per heavy atom. The highest BCUT2D eigenvalue weighted by Gasteiger charge is 2.41. The molecule has 2 heterocycles. The Hall–Kier alpha value is -2.93. The van der Waals surface area contributed by atoms with Gasteiger partial charge in [0.05, 0.1) is 12.1 Å². The van der Waals surface area contributed by atoms with Crippen LogP contribution in [-0.4, -0.2) is 41.9 Å². The lowest BCUT2D eigenvalue weighted by atomic mass is 9.98. The van der Waals surface area contributed by atoms with Gasteiger partial charge in [0.1, 0.15) is 23.4 Å². The van der Waals surface area contributed by atoms with Crippen LogP contribution in [0.1, 0.15) is 63.5 Å². The third kappa shape index (κ3) is 5.41. The maximum Gasteiger partial charge on any atom is 0.245 e. The normalized spacial score (nSPS) is 23.6. The van der Waals surface area contributed by atoms with Crippen LogP contribution in [0.15, 0.2) is 48.5 Å². The molecule has 4 atom stereocenters. The first-order chi connectivity index (χ1) is 16.5. The summed E-state index contributed by atoms with van der Waals surface area (Å²) in [5, 5.41) is 6.05. The molecule has 0 saturated carbocycles. The summed E-state index contributed by atoms with van der Waals surface area (Å²) in [6.45, 7) is 1.95. The lowest BCUT2D eigenvalue weighted by Crippen LogP contribution is -2.54. The fourth-order valence-corrected chi connectivity index (χ4v) is 5.21. The van der Waals surface area contributed by atoms with Gasteiger partial charge in [0.15, 0.2) is 0 Å². The predicted molar refractivity (Wildman–Crippen MR) is 129 cm³/mol. The second-order valence-corrected chi connectivity index (χ2v) is 9.22. The first kappa shape index (κ1) is 24.2. The number of rotatable bonds is 7. The van der Waals surface area contributed by atoms with Crippen molar-refractivity contribution >= 4 is 11.8 Å². The van der Waals surface area contributed by atoms with E-state index < -0.39 is 6.04 Å². The van der Waals surface area contributed by atoms with Crippen LogP contribution in [0, 0.1) is 5.82 Å². The fourth-order valence-electron chi connectivity index (χ4n) is 5.21. The van der Waals surface area contributed by atoms with Crippen LogP contribution in [-0.2, 0) is 9.59 Å². The number of fused-ring (bicyclic) bond motifs is 1. The van der Waals surface area contributed by atoms with Gasteiger partial charge in [-0.15, -0.1) is 0 Å². The number of nitrogens with one attached hydrogen (secondary N) is 2. The Morgan fingerprint density at radius 1 is 1.09 bits per heavy atom. The van der Waals surface area contributed by atoms with Gasteiger partial charge in [0.25, 0.3) is 0 Å². The number of likely N-dealkylation sites (N-methyl/N-ethyl adjacent to an activating group) is 1. The Bertz CT molecular complexity index is 993. The van der Waals surface area contributed by atoms with E-state index >= 15 is 0 Å². The van der Waals surface area contributed by atoms with E-state index in [9.17, 15) is 14.0 Å². The van der Waals surface area contributed by atoms with E-state index in [-0.39, 0.29) is 35.8 Å². The number of carbonyl (C=O) groups excluding carboxylic acids is 2. The second kappa shape index (κ2) is 11.0. The van der Waals surface area contributed by atoms with E-state index in [2.05, 4.69) is 10.6 Å². The summed E-state index contributed by atoms with van der Waals surface area (Å²) in [7, 11) is 1.77. The van der Waals surface area contributed by atoms with Gasteiger partial charge in [0, 0.05) is 6.04 Å². The predicted octanol–water partition coefficient (Wildman–Crippen LogP) is 4.71. The van der Waals surface area contributed by atoms with Gasteiger partial charge in [-0.3, -0.25) is 9.59 Å². The smallest absolute Gasteiger partial charge is 0.245 e. The molecule has 182 valence electrons. The number of benzene rings is 2. The SMILES string of the molecule is CCC(NC)C(=O)N[C@H]1CCCC[C@H]2CC[C@@H](c3cccc(Oc4ccc(F)cc4)c3)N2C1=O. The third-order valence-electron chi connectivity index (χ3n) is 7.02. The number of hydrogen-bond donors (Lipinski definition) is 2. The molecule has 2 N–H and O–H groups in total. The fraction of sp³-hybridized carbons (Fsp3) is 0.481. The maximum absolute atomic E-state index is 13.7. The van der Waals surface area contributed by atoms with Crippen LogP contribution in [0.4, 0.5) is 4.39 Å². The summed E-state index contributed by atoms with van der Waals surface area (Å²) in [6.07, 6.45) is 6.13. The molecule has 2 fully saturated rings. The third-order valence-corrected chi connectivity index (χ3v) is 7.02. The lowest BCUT2D eigenvalue weighted by Gasteiger charge is -2.36. The minimum atomic E-state index is -0.503. The number of ether oxygens (including phenoxy) is 1. The van der Waals surface area contributed by atoms with E-state index in [1.165, 1.54) is 12.1 Å². The van der Waals surface area contributed by atoms with Crippen LogP contribution >= 0.6 is 0 Å². The molecule has 0 aliphatic carbocycles. The molecule has 2 aliphatic heterocycles. The summed E-state index contributed by atoms with van der Waals surface area (Å²) in [5.74, 6) is 0.789. The van der Waals surface area contributed by atoms with Crippen LogP contribution in [0.2, 0.25) is 0 Å². The monoisotopic (exact) mass is 467 g/mol. The molecule has 2 saturated heterocycles. The molecule has 2 aromatic rings. The number of carbonyl (C=O) groups is 2. The summed E-state index contributed by atoms with van der Waals surface area (Å²) in [6, 6.07) is 13.0. The van der Waals surface area contributed by atoms with E-state index in [0.29, 0.717) is 24.3 Å². The van der Waals surface area contributed by atoms with Gasteiger partial charge in [-0.2, -0.15) is 0 Å². The molecule has 7 heteroatoms. The van der Waals surface area contributed by atoms with E-state index in [1.54, 1.807) is 19.2 Å². The van der Waals surface area contributed by atoms with Crippen LogP contribution in [0.3, 0.4) is 0 Å². The zero-order valence-corrected chi connectivity index (χ0v) is 19.9. The molecule has 2 amide bonds.